The fourth-order valence-corrected chi connectivity index (χ4v) is 8.20. The zero-order valence-electron chi connectivity index (χ0n) is 42.4. The van der Waals surface area contributed by atoms with Gasteiger partial charge in [0.05, 0.1) is 0 Å². The summed E-state index contributed by atoms with van der Waals surface area (Å²) in [7, 11) is 0. The second kappa shape index (κ2) is 52.5. The summed E-state index contributed by atoms with van der Waals surface area (Å²) in [5.74, 6) is -0.873. The number of hydrogen-bond donors (Lipinski definition) is 0. The van der Waals surface area contributed by atoms with Crippen LogP contribution >= 0.6 is 0 Å². The molecule has 0 spiro atoms. The number of hydrogen-bond acceptors (Lipinski definition) is 6. The van der Waals surface area contributed by atoms with Crippen LogP contribution in [0, 0.1) is 0 Å². The van der Waals surface area contributed by atoms with Crippen molar-refractivity contribution in [3.05, 3.63) is 24.3 Å². The first-order chi connectivity index (χ1) is 31.0. The molecule has 0 aliphatic heterocycles. The van der Waals surface area contributed by atoms with Gasteiger partial charge in [0.1, 0.15) is 13.2 Å². The summed E-state index contributed by atoms with van der Waals surface area (Å²) in [6.07, 6.45) is 60.2. The largest absolute Gasteiger partial charge is 0.462 e. The Hall–Kier alpha value is -2.11. The van der Waals surface area contributed by atoms with Crippen molar-refractivity contribution in [2.75, 3.05) is 13.2 Å². The second-order valence-corrected chi connectivity index (χ2v) is 18.8. The lowest BCUT2D eigenvalue weighted by Gasteiger charge is -2.18. The van der Waals surface area contributed by atoms with Crippen molar-refractivity contribution in [3.8, 4) is 0 Å². The van der Waals surface area contributed by atoms with Gasteiger partial charge >= 0.3 is 17.9 Å². The number of esters is 3. The lowest BCUT2D eigenvalue weighted by atomic mass is 10.0. The monoisotopic (exact) mass is 887 g/mol. The zero-order valence-corrected chi connectivity index (χ0v) is 42.4. The molecule has 0 rings (SSSR count). The van der Waals surface area contributed by atoms with Gasteiger partial charge in [-0.25, -0.2) is 0 Å². The maximum Gasteiger partial charge on any atom is 0.306 e. The maximum atomic E-state index is 12.8. The Balaban J connectivity index is 4.36. The van der Waals surface area contributed by atoms with E-state index in [-0.39, 0.29) is 31.1 Å². The smallest absolute Gasteiger partial charge is 0.306 e. The number of carbonyl (C=O) groups is 3. The minimum absolute atomic E-state index is 0.0730. The molecule has 0 unspecified atom stereocenters. The molecule has 63 heavy (non-hydrogen) atoms. The number of allylic oxidation sites excluding steroid dienone is 4. The average molecular weight is 887 g/mol. The van der Waals surface area contributed by atoms with Crippen LogP contribution in [0.3, 0.4) is 0 Å². The fraction of sp³-hybridized carbons (Fsp3) is 0.877. The molecule has 0 N–H and O–H groups in total. The van der Waals surface area contributed by atoms with Crippen LogP contribution < -0.4 is 0 Å². The summed E-state index contributed by atoms with van der Waals surface area (Å²) in [4.78, 5) is 38.1. The minimum Gasteiger partial charge on any atom is -0.462 e. The van der Waals surface area contributed by atoms with Crippen LogP contribution in [0.1, 0.15) is 303 Å². The molecule has 6 nitrogen and oxygen atoms in total. The number of carbonyl (C=O) groups excluding carboxylic acids is 3. The predicted molar refractivity (Wildman–Crippen MR) is 270 cm³/mol. The van der Waals surface area contributed by atoms with Gasteiger partial charge in [-0.05, 0) is 70.6 Å². The van der Waals surface area contributed by atoms with Gasteiger partial charge < -0.3 is 14.2 Å². The van der Waals surface area contributed by atoms with Crippen LogP contribution in [-0.2, 0) is 28.6 Å². The van der Waals surface area contributed by atoms with E-state index in [1.807, 2.05) is 0 Å². The molecule has 0 fully saturated rings. The van der Waals surface area contributed by atoms with Gasteiger partial charge in [0, 0.05) is 19.3 Å². The van der Waals surface area contributed by atoms with E-state index in [0.29, 0.717) is 19.3 Å². The molecule has 0 amide bonds. The summed E-state index contributed by atoms with van der Waals surface area (Å²) in [6.45, 7) is 6.65. The first kappa shape index (κ1) is 60.9. The van der Waals surface area contributed by atoms with Gasteiger partial charge in [0.15, 0.2) is 6.10 Å². The Morgan fingerprint density at radius 2 is 0.524 bits per heavy atom. The first-order valence-corrected chi connectivity index (χ1v) is 27.8. The predicted octanol–water partition coefficient (Wildman–Crippen LogP) is 18.3. The third-order valence-corrected chi connectivity index (χ3v) is 12.4. The minimum atomic E-state index is -0.774. The number of unbranched alkanes of at least 4 members (excludes halogenated alkanes) is 36. The molecule has 0 saturated carbocycles. The molecule has 0 aliphatic rings. The summed E-state index contributed by atoms with van der Waals surface area (Å²) in [5.41, 5.74) is 0. The van der Waals surface area contributed by atoms with Gasteiger partial charge in [-0.15, -0.1) is 0 Å². The van der Waals surface area contributed by atoms with Crippen molar-refractivity contribution >= 4 is 17.9 Å². The molecule has 0 aliphatic carbocycles. The second-order valence-electron chi connectivity index (χ2n) is 18.8. The third-order valence-electron chi connectivity index (χ3n) is 12.4. The van der Waals surface area contributed by atoms with E-state index in [4.69, 9.17) is 14.2 Å². The maximum absolute atomic E-state index is 12.8. The lowest BCUT2D eigenvalue weighted by Crippen LogP contribution is -2.30. The van der Waals surface area contributed by atoms with Crippen molar-refractivity contribution in [3.63, 3.8) is 0 Å². The standard InChI is InChI=1S/C57H106O6/c1-4-7-10-13-16-19-22-25-28-31-34-37-40-43-46-49-55(58)61-52-54(63-57(60)51-48-45-42-39-36-33-30-27-24-21-18-15-12-9-6-3)53-62-56(59)50-47-44-41-38-35-32-29-26-23-20-17-14-11-8-5-2/h25,27-28,30,54H,4-24,26,29,31-53H2,1-3H3/b28-25+,30-27+/t54-/m0/s1. The van der Waals surface area contributed by atoms with E-state index in [1.165, 1.54) is 193 Å². The van der Waals surface area contributed by atoms with Gasteiger partial charge in [-0.2, -0.15) is 0 Å². The summed E-state index contributed by atoms with van der Waals surface area (Å²) >= 11 is 0. The van der Waals surface area contributed by atoms with Crippen molar-refractivity contribution < 1.29 is 28.6 Å². The van der Waals surface area contributed by atoms with Gasteiger partial charge in [-0.1, -0.05) is 238 Å². The Morgan fingerprint density at radius 1 is 0.302 bits per heavy atom. The Kier molecular flexibility index (Phi) is 50.8. The highest BCUT2D eigenvalue weighted by molar-refractivity contribution is 5.71. The van der Waals surface area contributed by atoms with E-state index in [0.717, 1.165) is 70.6 Å². The first-order valence-electron chi connectivity index (χ1n) is 27.8. The molecule has 0 heterocycles. The molecule has 6 heteroatoms. The molecular weight excluding hydrogens is 781 g/mol. The van der Waals surface area contributed by atoms with Crippen LogP contribution in [0.2, 0.25) is 0 Å². The Morgan fingerprint density at radius 3 is 0.794 bits per heavy atom. The number of rotatable bonds is 51. The Bertz CT molecular complexity index is 1020. The SMILES string of the molecule is CCCCCCCC/C=C/CCCCCCCC(=O)OC[C@@H](COC(=O)CCCCCCCCCCCCCCCCC)OC(=O)CCCCCCC/C=C/CCCCCCCC. The molecule has 0 aromatic heterocycles. The zero-order chi connectivity index (χ0) is 45.8. The highest BCUT2D eigenvalue weighted by Crippen LogP contribution is 2.16. The van der Waals surface area contributed by atoms with Crippen molar-refractivity contribution in [2.45, 2.75) is 309 Å². The molecule has 370 valence electrons. The quantitative estimate of drug-likeness (QED) is 0.0262. The number of ether oxygens (including phenoxy) is 3. The average Bonchev–Trinajstić information content (AvgIpc) is 3.28. The molecule has 0 saturated heterocycles. The van der Waals surface area contributed by atoms with Crippen LogP contribution in [0.15, 0.2) is 24.3 Å². The molecular formula is C57H106O6. The lowest BCUT2D eigenvalue weighted by molar-refractivity contribution is -0.167. The van der Waals surface area contributed by atoms with E-state index in [9.17, 15) is 14.4 Å². The van der Waals surface area contributed by atoms with Crippen LogP contribution in [0.5, 0.6) is 0 Å². The van der Waals surface area contributed by atoms with E-state index < -0.39 is 6.10 Å². The third kappa shape index (κ3) is 50.7. The molecule has 0 radical (unpaired) electrons. The van der Waals surface area contributed by atoms with Crippen LogP contribution in [-0.4, -0.2) is 37.2 Å². The van der Waals surface area contributed by atoms with E-state index in [2.05, 4.69) is 45.1 Å². The van der Waals surface area contributed by atoms with Crippen molar-refractivity contribution in [1.82, 2.24) is 0 Å². The summed E-state index contributed by atoms with van der Waals surface area (Å²) in [6, 6.07) is 0. The normalized spacial score (nSPS) is 12.1. The van der Waals surface area contributed by atoms with Crippen molar-refractivity contribution in [2.24, 2.45) is 0 Å². The van der Waals surface area contributed by atoms with Crippen molar-refractivity contribution in [1.29, 1.82) is 0 Å². The molecule has 0 bridgehead atoms. The van der Waals surface area contributed by atoms with Gasteiger partial charge in [0.25, 0.3) is 0 Å². The topological polar surface area (TPSA) is 78.9 Å². The molecule has 1 atom stereocenters. The fourth-order valence-electron chi connectivity index (χ4n) is 8.20. The van der Waals surface area contributed by atoms with Crippen LogP contribution in [0.4, 0.5) is 0 Å². The summed E-state index contributed by atoms with van der Waals surface area (Å²) < 4.78 is 16.8. The van der Waals surface area contributed by atoms with Gasteiger partial charge in [0.2, 0.25) is 0 Å². The molecule has 0 aromatic carbocycles. The highest BCUT2D eigenvalue weighted by atomic mass is 16.6. The summed E-state index contributed by atoms with van der Waals surface area (Å²) in [5, 5.41) is 0. The highest BCUT2D eigenvalue weighted by Gasteiger charge is 2.19. The Labute approximate surface area is 392 Å². The van der Waals surface area contributed by atoms with Gasteiger partial charge in [-0.3, -0.25) is 14.4 Å². The molecule has 0 aromatic rings. The van der Waals surface area contributed by atoms with E-state index >= 15 is 0 Å². The van der Waals surface area contributed by atoms with Crippen LogP contribution in [0.25, 0.3) is 0 Å². The van der Waals surface area contributed by atoms with E-state index in [1.54, 1.807) is 0 Å².